The predicted molar refractivity (Wildman–Crippen MR) is 62.0 cm³/mol. The Bertz CT molecular complexity index is 798. The molecular formula is C9H9N2O9P. The highest BCUT2D eigenvalue weighted by Crippen LogP contribution is 2.57. The van der Waals surface area contributed by atoms with Crippen molar-refractivity contribution in [3.8, 4) is 11.6 Å². The Labute approximate surface area is 115 Å². The van der Waals surface area contributed by atoms with E-state index >= 15 is 0 Å². The van der Waals surface area contributed by atoms with Crippen molar-refractivity contribution in [2.45, 2.75) is 24.9 Å². The molecule has 1 aromatic rings. The SMILES string of the molecule is O=c1c2c3n([C@H]4C[C@H](O)[C@@H](CO)O4)c(=O)n1OP(=O)(O2)O3. The third-order valence-corrected chi connectivity index (χ3v) is 4.59. The van der Waals surface area contributed by atoms with Crippen LogP contribution in [0.5, 0.6) is 11.6 Å². The number of rotatable bonds is 2. The van der Waals surface area contributed by atoms with Gasteiger partial charge in [-0.1, -0.05) is 4.73 Å². The van der Waals surface area contributed by atoms with E-state index in [0.29, 0.717) is 0 Å². The summed E-state index contributed by atoms with van der Waals surface area (Å²) in [6.07, 6.45) is -2.92. The first kappa shape index (κ1) is 12.9. The van der Waals surface area contributed by atoms with Gasteiger partial charge in [-0.05, 0) is 0 Å². The maximum absolute atomic E-state index is 12.2. The fourth-order valence-electron chi connectivity index (χ4n) is 2.46. The summed E-state index contributed by atoms with van der Waals surface area (Å²) in [6, 6.07) is 0. The molecule has 4 rings (SSSR count). The molecule has 1 saturated heterocycles. The van der Waals surface area contributed by atoms with Gasteiger partial charge in [-0.15, -0.1) is 0 Å². The molecule has 21 heavy (non-hydrogen) atoms. The highest BCUT2D eigenvalue weighted by Gasteiger charge is 2.53. The monoisotopic (exact) mass is 320 g/mol. The van der Waals surface area contributed by atoms with Crippen LogP contribution in [0.25, 0.3) is 0 Å². The molecule has 4 heterocycles. The molecule has 0 saturated carbocycles. The topological polar surface area (TPSA) is 138 Å². The lowest BCUT2D eigenvalue weighted by molar-refractivity contribution is -0.0478. The normalized spacial score (nSPS) is 35.4. The molecule has 0 radical (unpaired) electrons. The Morgan fingerprint density at radius 3 is 2.76 bits per heavy atom. The van der Waals surface area contributed by atoms with Crippen LogP contribution in [0.4, 0.5) is 0 Å². The predicted octanol–water partition coefficient (Wildman–Crippen LogP) is -2.03. The van der Waals surface area contributed by atoms with Crippen LogP contribution in [0, 0.1) is 0 Å². The van der Waals surface area contributed by atoms with Gasteiger partial charge < -0.3 is 24.0 Å². The van der Waals surface area contributed by atoms with Crippen molar-refractivity contribution in [2.75, 3.05) is 6.61 Å². The van der Waals surface area contributed by atoms with Crippen molar-refractivity contribution in [2.24, 2.45) is 0 Å². The Hall–Kier alpha value is -1.81. The van der Waals surface area contributed by atoms with Gasteiger partial charge in [0.1, 0.15) is 12.3 Å². The second-order valence-electron chi connectivity index (χ2n) is 4.71. The van der Waals surface area contributed by atoms with E-state index < -0.39 is 49.9 Å². The van der Waals surface area contributed by atoms with Gasteiger partial charge in [0.2, 0.25) is 0 Å². The lowest BCUT2D eigenvalue weighted by Gasteiger charge is -2.16. The third-order valence-electron chi connectivity index (χ3n) is 3.43. The molecule has 0 aliphatic carbocycles. The van der Waals surface area contributed by atoms with Gasteiger partial charge in [-0.2, -0.15) is 4.57 Å². The molecule has 3 aliphatic rings. The Kier molecular flexibility index (Phi) is 2.39. The largest absolute Gasteiger partial charge is 0.668 e. The van der Waals surface area contributed by atoms with Crippen LogP contribution in [0.3, 0.4) is 0 Å². The van der Waals surface area contributed by atoms with Crippen molar-refractivity contribution in [1.82, 2.24) is 9.30 Å². The first-order chi connectivity index (χ1) is 9.93. The average molecular weight is 320 g/mol. The fraction of sp³-hybridized carbons (Fsp3) is 0.556. The molecule has 4 atom stereocenters. The van der Waals surface area contributed by atoms with Crippen molar-refractivity contribution in [3.05, 3.63) is 20.8 Å². The summed E-state index contributed by atoms with van der Waals surface area (Å²) in [5.41, 5.74) is -1.89. The first-order valence-electron chi connectivity index (χ1n) is 5.99. The summed E-state index contributed by atoms with van der Waals surface area (Å²) in [5, 5.41) is 18.8. The van der Waals surface area contributed by atoms with Crippen LogP contribution in [0.2, 0.25) is 0 Å². The molecule has 3 bridgehead atoms. The van der Waals surface area contributed by atoms with E-state index in [2.05, 4.69) is 4.62 Å². The van der Waals surface area contributed by atoms with Crippen molar-refractivity contribution in [3.63, 3.8) is 0 Å². The summed E-state index contributed by atoms with van der Waals surface area (Å²) in [5.74, 6) is -0.771. The molecule has 3 aliphatic heterocycles. The quantitative estimate of drug-likeness (QED) is 0.591. The number of ether oxygens (including phenoxy) is 1. The summed E-state index contributed by atoms with van der Waals surface area (Å²) in [6.45, 7) is -0.444. The summed E-state index contributed by atoms with van der Waals surface area (Å²) < 4.78 is 32.8. The lowest BCUT2D eigenvalue weighted by Crippen LogP contribution is -2.44. The van der Waals surface area contributed by atoms with E-state index in [1.165, 1.54) is 0 Å². The summed E-state index contributed by atoms with van der Waals surface area (Å²) in [4.78, 5) is 24.0. The zero-order valence-corrected chi connectivity index (χ0v) is 11.1. The van der Waals surface area contributed by atoms with Crippen molar-refractivity contribution >= 4 is 7.82 Å². The van der Waals surface area contributed by atoms with Crippen LogP contribution >= 0.6 is 7.82 Å². The number of aliphatic hydroxyl groups is 2. The Balaban J connectivity index is 1.89. The molecular weight excluding hydrogens is 311 g/mol. The van der Waals surface area contributed by atoms with Crippen molar-refractivity contribution < 1.29 is 33.2 Å². The van der Waals surface area contributed by atoms with Gasteiger partial charge in [0, 0.05) is 6.42 Å². The van der Waals surface area contributed by atoms with Crippen LogP contribution in [0.15, 0.2) is 9.59 Å². The highest BCUT2D eigenvalue weighted by atomic mass is 31.2. The summed E-state index contributed by atoms with van der Waals surface area (Å²) in [7, 11) is -4.06. The minimum Gasteiger partial charge on any atom is -0.394 e. The minimum absolute atomic E-state index is 0.0244. The Morgan fingerprint density at radius 2 is 2.10 bits per heavy atom. The number of hydrogen-bond acceptors (Lipinski definition) is 9. The molecule has 0 amide bonds. The lowest BCUT2D eigenvalue weighted by atomic mass is 10.2. The third kappa shape index (κ3) is 1.57. The molecule has 1 fully saturated rings. The maximum Gasteiger partial charge on any atom is 0.668 e. The van der Waals surface area contributed by atoms with Gasteiger partial charge in [0.25, 0.3) is 11.6 Å². The van der Waals surface area contributed by atoms with Crippen LogP contribution in [-0.4, -0.2) is 38.3 Å². The van der Waals surface area contributed by atoms with Gasteiger partial charge in [0.15, 0.2) is 0 Å². The van der Waals surface area contributed by atoms with E-state index in [1.807, 2.05) is 0 Å². The van der Waals surface area contributed by atoms with Crippen LogP contribution in [-0.2, 0) is 9.30 Å². The molecule has 2 N–H and O–H groups in total. The molecule has 0 aromatic carbocycles. The number of phosphoric ester groups is 1. The van der Waals surface area contributed by atoms with E-state index in [0.717, 1.165) is 4.57 Å². The van der Waals surface area contributed by atoms with Gasteiger partial charge >= 0.3 is 19.1 Å². The smallest absolute Gasteiger partial charge is 0.394 e. The van der Waals surface area contributed by atoms with Gasteiger partial charge in [-0.25, -0.2) is 9.36 Å². The number of nitrogens with zero attached hydrogens (tertiary/aromatic N) is 2. The van der Waals surface area contributed by atoms with Gasteiger partial charge in [-0.3, -0.25) is 9.42 Å². The molecule has 114 valence electrons. The number of hydrogen-bond donors (Lipinski definition) is 2. The number of phosphoric acid groups is 1. The zero-order chi connectivity index (χ0) is 14.9. The average Bonchev–Trinajstić information content (AvgIpc) is 2.90. The maximum atomic E-state index is 12.2. The molecule has 0 spiro atoms. The van der Waals surface area contributed by atoms with Crippen LogP contribution in [0.1, 0.15) is 12.6 Å². The minimum atomic E-state index is -4.06. The Morgan fingerprint density at radius 1 is 1.33 bits per heavy atom. The second-order valence-corrected chi connectivity index (χ2v) is 6.14. The van der Waals surface area contributed by atoms with Gasteiger partial charge in [0.05, 0.1) is 12.7 Å². The zero-order valence-electron chi connectivity index (χ0n) is 10.2. The molecule has 1 aromatic heterocycles. The number of aromatic nitrogens is 2. The van der Waals surface area contributed by atoms with Crippen molar-refractivity contribution in [1.29, 1.82) is 0 Å². The molecule has 11 nitrogen and oxygen atoms in total. The van der Waals surface area contributed by atoms with E-state index in [9.17, 15) is 19.3 Å². The highest BCUT2D eigenvalue weighted by molar-refractivity contribution is 7.50. The first-order valence-corrected chi connectivity index (χ1v) is 7.45. The number of aliphatic hydroxyl groups excluding tert-OH is 2. The fourth-order valence-corrected chi connectivity index (χ4v) is 3.67. The molecule has 1 unspecified atom stereocenters. The molecule has 12 heteroatoms. The van der Waals surface area contributed by atoms with E-state index in [4.69, 9.17) is 18.9 Å². The second kappa shape index (κ2) is 3.89. The summed E-state index contributed by atoms with van der Waals surface area (Å²) >= 11 is 0. The van der Waals surface area contributed by atoms with E-state index in [1.54, 1.807) is 0 Å². The number of fused-ring (bicyclic) bond motifs is 2. The van der Waals surface area contributed by atoms with E-state index in [-0.39, 0.29) is 17.0 Å². The standard InChI is InChI=1S/C9H9N2O9P/c12-2-4-3(13)1-5(17-4)10-8-6-7(14)11(9(10)15)20-21(16,18-6)19-8/h3-5,12-13H,1-2H2/t3-,4+,5+,21?/m0/s1. The van der Waals surface area contributed by atoms with Crippen LogP contribution < -0.4 is 24.9 Å².